The summed E-state index contributed by atoms with van der Waals surface area (Å²) >= 11 is 0. The molecule has 1 aromatic heterocycles. The van der Waals surface area contributed by atoms with Crippen LogP contribution in [0.5, 0.6) is 0 Å². The minimum absolute atomic E-state index is 0.0653. The highest BCUT2D eigenvalue weighted by Gasteiger charge is 2.09. The molecule has 2 aromatic carbocycles. The number of non-ortho nitro benzene ring substituents is 1. The van der Waals surface area contributed by atoms with Crippen LogP contribution in [-0.2, 0) is 0 Å². The topological polar surface area (TPSA) is 100 Å². The van der Waals surface area contributed by atoms with Crippen LogP contribution in [0, 0.1) is 17.0 Å². The molecule has 120 valence electrons. The summed E-state index contributed by atoms with van der Waals surface area (Å²) in [5.41, 5.74) is 5.50. The normalized spacial score (nSPS) is 11.0. The number of aryl methyl sites for hydroxylation is 1. The Balaban J connectivity index is 1.74. The Kier molecular flexibility index (Phi) is 4.07. The first-order valence-corrected chi connectivity index (χ1v) is 7.21. The van der Waals surface area contributed by atoms with Crippen molar-refractivity contribution in [2.75, 3.05) is 0 Å². The first-order chi connectivity index (χ1) is 11.6. The van der Waals surface area contributed by atoms with Gasteiger partial charge in [-0.1, -0.05) is 18.2 Å². The van der Waals surface area contributed by atoms with E-state index in [1.165, 1.54) is 24.3 Å². The molecule has 0 saturated carbocycles. The molecular formula is C17H14N4O3. The van der Waals surface area contributed by atoms with Gasteiger partial charge in [0.1, 0.15) is 0 Å². The number of rotatable bonds is 4. The molecule has 0 saturated heterocycles. The summed E-state index contributed by atoms with van der Waals surface area (Å²) in [6.07, 6.45) is 1.58. The van der Waals surface area contributed by atoms with Gasteiger partial charge in [-0.3, -0.25) is 14.9 Å². The van der Waals surface area contributed by atoms with E-state index >= 15 is 0 Å². The molecule has 0 aliphatic heterocycles. The second kappa shape index (κ2) is 6.33. The first kappa shape index (κ1) is 15.4. The molecule has 3 aromatic rings. The van der Waals surface area contributed by atoms with E-state index in [1.54, 1.807) is 6.21 Å². The number of aromatic amines is 1. The van der Waals surface area contributed by atoms with Gasteiger partial charge >= 0.3 is 0 Å². The molecule has 0 radical (unpaired) electrons. The van der Waals surface area contributed by atoms with Gasteiger partial charge in [-0.05, 0) is 25.1 Å². The highest BCUT2D eigenvalue weighted by molar-refractivity contribution is 6.01. The number of hydrazone groups is 1. The van der Waals surface area contributed by atoms with E-state index in [1.807, 2.05) is 31.2 Å². The summed E-state index contributed by atoms with van der Waals surface area (Å²) < 4.78 is 0. The summed E-state index contributed by atoms with van der Waals surface area (Å²) in [6.45, 7) is 1.93. The molecule has 0 spiro atoms. The third kappa shape index (κ3) is 3.00. The Morgan fingerprint density at radius 3 is 2.62 bits per heavy atom. The van der Waals surface area contributed by atoms with Crippen molar-refractivity contribution in [2.24, 2.45) is 5.10 Å². The van der Waals surface area contributed by atoms with E-state index in [0.717, 1.165) is 22.2 Å². The van der Waals surface area contributed by atoms with E-state index in [4.69, 9.17) is 0 Å². The number of hydrogen-bond acceptors (Lipinski definition) is 4. The number of nitrogens with zero attached hydrogens (tertiary/aromatic N) is 2. The van der Waals surface area contributed by atoms with E-state index < -0.39 is 10.8 Å². The predicted molar refractivity (Wildman–Crippen MR) is 91.2 cm³/mol. The maximum absolute atomic E-state index is 12.0. The van der Waals surface area contributed by atoms with Crippen molar-refractivity contribution in [3.05, 3.63) is 75.5 Å². The number of carbonyl (C=O) groups excluding carboxylic acids is 1. The van der Waals surface area contributed by atoms with Crippen molar-refractivity contribution in [1.29, 1.82) is 0 Å². The van der Waals surface area contributed by atoms with Crippen molar-refractivity contribution in [1.82, 2.24) is 10.4 Å². The number of nitrogens with one attached hydrogen (secondary N) is 2. The highest BCUT2D eigenvalue weighted by atomic mass is 16.6. The summed E-state index contributed by atoms with van der Waals surface area (Å²) in [5.74, 6) is -0.432. The summed E-state index contributed by atoms with van der Waals surface area (Å²) in [6, 6.07) is 13.1. The van der Waals surface area contributed by atoms with Gasteiger partial charge < -0.3 is 4.98 Å². The zero-order chi connectivity index (χ0) is 17.1. The highest BCUT2D eigenvalue weighted by Crippen LogP contribution is 2.19. The predicted octanol–water partition coefficient (Wildman–Crippen LogP) is 3.15. The average Bonchev–Trinajstić information content (AvgIpc) is 2.90. The SMILES string of the molecule is Cc1[nH]c2ccccc2c1/C=N\NC(=O)c1ccc([N+](=O)[O-])cc1. The van der Waals surface area contributed by atoms with Gasteiger partial charge in [-0.25, -0.2) is 5.43 Å². The molecule has 24 heavy (non-hydrogen) atoms. The number of aromatic nitrogens is 1. The second-order valence-corrected chi connectivity index (χ2v) is 5.21. The Morgan fingerprint density at radius 1 is 1.21 bits per heavy atom. The van der Waals surface area contributed by atoms with E-state index in [-0.39, 0.29) is 5.69 Å². The monoisotopic (exact) mass is 322 g/mol. The minimum atomic E-state index is -0.514. The fraction of sp³-hybridized carbons (Fsp3) is 0.0588. The lowest BCUT2D eigenvalue weighted by atomic mass is 10.1. The quantitative estimate of drug-likeness (QED) is 0.438. The Morgan fingerprint density at radius 2 is 1.92 bits per heavy atom. The number of hydrogen-bond donors (Lipinski definition) is 2. The molecule has 1 heterocycles. The van der Waals surface area contributed by atoms with E-state index in [0.29, 0.717) is 5.56 Å². The molecule has 7 heteroatoms. The van der Waals surface area contributed by atoms with Crippen molar-refractivity contribution in [3.63, 3.8) is 0 Å². The Labute approximate surface area is 137 Å². The zero-order valence-electron chi connectivity index (χ0n) is 12.8. The lowest BCUT2D eigenvalue weighted by Crippen LogP contribution is -2.17. The van der Waals surface area contributed by atoms with Crippen LogP contribution < -0.4 is 5.43 Å². The van der Waals surface area contributed by atoms with Crippen LogP contribution >= 0.6 is 0 Å². The molecule has 0 bridgehead atoms. The third-order valence-electron chi connectivity index (χ3n) is 3.64. The Bertz CT molecular complexity index is 942. The smallest absolute Gasteiger partial charge is 0.271 e. The van der Waals surface area contributed by atoms with Gasteiger partial charge in [0, 0.05) is 39.9 Å². The number of carbonyl (C=O) groups is 1. The van der Waals surface area contributed by atoms with Gasteiger partial charge in [0.05, 0.1) is 11.1 Å². The largest absolute Gasteiger partial charge is 0.358 e. The van der Waals surface area contributed by atoms with Crippen LogP contribution in [0.4, 0.5) is 5.69 Å². The van der Waals surface area contributed by atoms with Gasteiger partial charge in [0.25, 0.3) is 11.6 Å². The number of benzene rings is 2. The molecule has 0 aliphatic rings. The second-order valence-electron chi connectivity index (χ2n) is 5.21. The molecule has 0 unspecified atom stereocenters. The van der Waals surface area contributed by atoms with Crippen molar-refractivity contribution < 1.29 is 9.72 Å². The number of nitro groups is 1. The number of H-pyrrole nitrogens is 1. The molecule has 1 amide bonds. The molecule has 2 N–H and O–H groups in total. The third-order valence-corrected chi connectivity index (χ3v) is 3.64. The summed E-state index contributed by atoms with van der Waals surface area (Å²) in [7, 11) is 0. The van der Waals surface area contributed by atoms with Crippen molar-refractivity contribution in [3.8, 4) is 0 Å². The van der Waals surface area contributed by atoms with E-state index in [2.05, 4.69) is 15.5 Å². The van der Waals surface area contributed by atoms with Crippen LogP contribution in [0.1, 0.15) is 21.6 Å². The molecule has 0 aliphatic carbocycles. The van der Waals surface area contributed by atoms with Crippen LogP contribution in [0.25, 0.3) is 10.9 Å². The number of fused-ring (bicyclic) bond motifs is 1. The van der Waals surface area contributed by atoms with Gasteiger partial charge in [-0.2, -0.15) is 5.10 Å². The standard InChI is InChI=1S/C17H14N4O3/c1-11-15(14-4-2-3-5-16(14)19-11)10-18-20-17(22)12-6-8-13(9-7-12)21(23)24/h2-10,19H,1H3,(H,20,22)/b18-10-. The van der Waals surface area contributed by atoms with Crippen LogP contribution in [0.2, 0.25) is 0 Å². The lowest BCUT2D eigenvalue weighted by Gasteiger charge is -1.99. The zero-order valence-corrected chi connectivity index (χ0v) is 12.8. The number of nitro benzene ring substituents is 1. The summed E-state index contributed by atoms with van der Waals surface area (Å²) in [4.78, 5) is 25.3. The Hall–Kier alpha value is -3.48. The molecule has 3 rings (SSSR count). The molecule has 0 fully saturated rings. The average molecular weight is 322 g/mol. The van der Waals surface area contributed by atoms with Crippen molar-refractivity contribution >= 4 is 28.7 Å². The summed E-state index contributed by atoms with van der Waals surface area (Å²) in [5, 5.41) is 15.6. The molecular weight excluding hydrogens is 308 g/mol. The number of amides is 1. The first-order valence-electron chi connectivity index (χ1n) is 7.21. The van der Waals surface area contributed by atoms with Crippen LogP contribution in [0.3, 0.4) is 0 Å². The van der Waals surface area contributed by atoms with E-state index in [9.17, 15) is 14.9 Å². The minimum Gasteiger partial charge on any atom is -0.358 e. The van der Waals surface area contributed by atoms with Gasteiger partial charge in [0.2, 0.25) is 0 Å². The van der Waals surface area contributed by atoms with Gasteiger partial charge in [-0.15, -0.1) is 0 Å². The maximum Gasteiger partial charge on any atom is 0.271 e. The number of para-hydroxylation sites is 1. The van der Waals surface area contributed by atoms with Crippen molar-refractivity contribution in [2.45, 2.75) is 6.92 Å². The maximum atomic E-state index is 12.0. The van der Waals surface area contributed by atoms with Crippen LogP contribution in [0.15, 0.2) is 53.6 Å². The fourth-order valence-electron chi connectivity index (χ4n) is 2.42. The molecule has 7 nitrogen and oxygen atoms in total. The van der Waals surface area contributed by atoms with Crippen LogP contribution in [-0.4, -0.2) is 22.0 Å². The molecule has 0 atom stereocenters. The van der Waals surface area contributed by atoms with Gasteiger partial charge in [0.15, 0.2) is 0 Å². The lowest BCUT2D eigenvalue weighted by molar-refractivity contribution is -0.384. The fourth-order valence-corrected chi connectivity index (χ4v) is 2.42.